The molecule has 3 aromatic rings. The van der Waals surface area contributed by atoms with Gasteiger partial charge in [-0.05, 0) is 24.3 Å². The molecule has 1 amide bonds. The maximum Gasteiger partial charge on any atom is 0.227 e. The van der Waals surface area contributed by atoms with Crippen LogP contribution in [0.4, 0.5) is 5.69 Å². The molecule has 4 heteroatoms. The third-order valence-corrected chi connectivity index (χ3v) is 4.38. The number of carbonyl (C=O) groups excluding carboxylic acids is 1. The molecule has 2 heterocycles. The smallest absolute Gasteiger partial charge is 0.227 e. The van der Waals surface area contributed by atoms with Gasteiger partial charge in [0, 0.05) is 31.6 Å². The highest BCUT2D eigenvalue weighted by atomic mass is 16.2. The average molecular weight is 291 g/mol. The van der Waals surface area contributed by atoms with Crippen molar-refractivity contribution in [1.29, 1.82) is 0 Å². The van der Waals surface area contributed by atoms with Gasteiger partial charge in [0.1, 0.15) is 5.82 Å². The van der Waals surface area contributed by atoms with Crippen LogP contribution < -0.4 is 4.90 Å². The zero-order chi connectivity index (χ0) is 15.1. The fourth-order valence-corrected chi connectivity index (χ4v) is 3.27. The van der Waals surface area contributed by atoms with E-state index in [4.69, 9.17) is 4.98 Å². The number of anilines is 1. The number of hydrogen-bond acceptors (Lipinski definition) is 2. The second kappa shape index (κ2) is 4.98. The lowest BCUT2D eigenvalue weighted by Crippen LogP contribution is -2.24. The van der Waals surface area contributed by atoms with Crippen LogP contribution in [0.5, 0.6) is 0 Å². The number of aryl methyl sites for hydroxylation is 1. The summed E-state index contributed by atoms with van der Waals surface area (Å²) < 4.78 is 2.11. The predicted molar refractivity (Wildman–Crippen MR) is 86.9 cm³/mol. The molecule has 4 nitrogen and oxygen atoms in total. The Bertz CT molecular complexity index is 838. The first-order chi connectivity index (χ1) is 10.7. The number of imidazole rings is 1. The van der Waals surface area contributed by atoms with Gasteiger partial charge in [-0.2, -0.15) is 0 Å². The van der Waals surface area contributed by atoms with Gasteiger partial charge in [0.15, 0.2) is 0 Å². The number of fused-ring (bicyclic) bond motifs is 1. The highest BCUT2D eigenvalue weighted by Crippen LogP contribution is 2.32. The van der Waals surface area contributed by atoms with E-state index in [-0.39, 0.29) is 11.8 Å². The summed E-state index contributed by atoms with van der Waals surface area (Å²) in [6.45, 7) is 0.694. The molecule has 4 rings (SSSR count). The van der Waals surface area contributed by atoms with E-state index in [9.17, 15) is 4.79 Å². The zero-order valence-corrected chi connectivity index (χ0v) is 12.4. The first-order valence-electron chi connectivity index (χ1n) is 7.51. The van der Waals surface area contributed by atoms with Crippen LogP contribution in [0.3, 0.4) is 0 Å². The molecular weight excluding hydrogens is 274 g/mol. The van der Waals surface area contributed by atoms with Gasteiger partial charge in [-0.3, -0.25) is 4.79 Å². The van der Waals surface area contributed by atoms with Gasteiger partial charge in [-0.25, -0.2) is 4.98 Å². The van der Waals surface area contributed by atoms with Gasteiger partial charge in [0.05, 0.1) is 11.0 Å². The van der Waals surface area contributed by atoms with Crippen LogP contribution in [-0.2, 0) is 11.8 Å². The monoisotopic (exact) mass is 291 g/mol. The largest absolute Gasteiger partial charge is 0.331 e. The number of nitrogens with zero attached hydrogens (tertiary/aromatic N) is 3. The molecule has 1 fully saturated rings. The summed E-state index contributed by atoms with van der Waals surface area (Å²) in [5.74, 6) is 1.31. The third-order valence-electron chi connectivity index (χ3n) is 4.38. The predicted octanol–water partition coefficient (Wildman–Crippen LogP) is 3.09. The summed E-state index contributed by atoms with van der Waals surface area (Å²) in [5, 5.41) is 0. The van der Waals surface area contributed by atoms with E-state index in [1.165, 1.54) is 0 Å². The zero-order valence-electron chi connectivity index (χ0n) is 12.4. The molecule has 22 heavy (non-hydrogen) atoms. The quantitative estimate of drug-likeness (QED) is 0.727. The topological polar surface area (TPSA) is 38.1 Å². The normalized spacial score (nSPS) is 18.3. The Kier molecular flexibility index (Phi) is 2.96. The molecule has 0 N–H and O–H groups in total. The molecule has 0 bridgehead atoms. The molecule has 110 valence electrons. The van der Waals surface area contributed by atoms with Crippen LogP contribution in [0.15, 0.2) is 54.6 Å². The minimum Gasteiger partial charge on any atom is -0.331 e. The van der Waals surface area contributed by atoms with Crippen molar-refractivity contribution in [3.63, 3.8) is 0 Å². The standard InChI is InChI=1S/C18H17N3O/c1-20-16-10-6-5-9-15(16)19-18(20)13-11-17(22)21(12-13)14-7-3-2-4-8-14/h2-10,13H,11-12H2,1H3. The van der Waals surface area contributed by atoms with Crippen LogP contribution in [0.25, 0.3) is 11.0 Å². The van der Waals surface area contributed by atoms with Crippen molar-refractivity contribution in [3.8, 4) is 0 Å². The van der Waals surface area contributed by atoms with Gasteiger partial charge in [0.25, 0.3) is 0 Å². The first-order valence-corrected chi connectivity index (χ1v) is 7.51. The Morgan fingerprint density at radius 2 is 1.77 bits per heavy atom. The van der Waals surface area contributed by atoms with Crippen LogP contribution in [0.2, 0.25) is 0 Å². The SMILES string of the molecule is Cn1c(C2CC(=O)N(c3ccccc3)C2)nc2ccccc21. The van der Waals surface area contributed by atoms with Gasteiger partial charge in [0.2, 0.25) is 5.91 Å². The fraction of sp³-hybridized carbons (Fsp3) is 0.222. The summed E-state index contributed by atoms with van der Waals surface area (Å²) in [7, 11) is 2.03. The number of benzene rings is 2. The maximum atomic E-state index is 12.4. The van der Waals surface area contributed by atoms with Crippen molar-refractivity contribution >= 4 is 22.6 Å². The Hall–Kier alpha value is -2.62. The van der Waals surface area contributed by atoms with Crippen LogP contribution in [-0.4, -0.2) is 22.0 Å². The Morgan fingerprint density at radius 1 is 1.05 bits per heavy atom. The Balaban J connectivity index is 1.69. The van der Waals surface area contributed by atoms with E-state index in [0.717, 1.165) is 22.5 Å². The molecule has 0 radical (unpaired) electrons. The lowest BCUT2D eigenvalue weighted by Gasteiger charge is -2.16. The van der Waals surface area contributed by atoms with Gasteiger partial charge in [-0.15, -0.1) is 0 Å². The minimum atomic E-state index is 0.144. The second-order valence-corrected chi connectivity index (χ2v) is 5.76. The molecule has 1 saturated heterocycles. The van der Waals surface area contributed by atoms with E-state index in [1.54, 1.807) is 0 Å². The molecule has 1 atom stereocenters. The number of aromatic nitrogens is 2. The van der Waals surface area contributed by atoms with E-state index in [0.29, 0.717) is 13.0 Å². The van der Waals surface area contributed by atoms with Crippen molar-refractivity contribution in [2.75, 3.05) is 11.4 Å². The van der Waals surface area contributed by atoms with Crippen LogP contribution in [0, 0.1) is 0 Å². The molecule has 0 spiro atoms. The summed E-state index contributed by atoms with van der Waals surface area (Å²) >= 11 is 0. The number of hydrogen-bond donors (Lipinski definition) is 0. The highest BCUT2D eigenvalue weighted by molar-refractivity contribution is 5.96. The van der Waals surface area contributed by atoms with Crippen molar-refractivity contribution in [3.05, 3.63) is 60.4 Å². The van der Waals surface area contributed by atoms with E-state index in [1.807, 2.05) is 60.5 Å². The van der Waals surface area contributed by atoms with Gasteiger partial charge < -0.3 is 9.47 Å². The van der Waals surface area contributed by atoms with Crippen molar-refractivity contribution in [2.24, 2.45) is 7.05 Å². The highest BCUT2D eigenvalue weighted by Gasteiger charge is 2.34. The molecule has 1 aliphatic heterocycles. The number of rotatable bonds is 2. The van der Waals surface area contributed by atoms with Crippen LogP contribution >= 0.6 is 0 Å². The first kappa shape index (κ1) is 13.1. The van der Waals surface area contributed by atoms with Crippen molar-refractivity contribution in [2.45, 2.75) is 12.3 Å². The van der Waals surface area contributed by atoms with Crippen molar-refractivity contribution in [1.82, 2.24) is 9.55 Å². The molecule has 1 aliphatic rings. The molecular formula is C18H17N3O. The van der Waals surface area contributed by atoms with Crippen molar-refractivity contribution < 1.29 is 4.79 Å². The van der Waals surface area contributed by atoms with Gasteiger partial charge in [-0.1, -0.05) is 30.3 Å². The molecule has 0 aliphatic carbocycles. The molecule has 2 aromatic carbocycles. The Morgan fingerprint density at radius 3 is 2.55 bits per heavy atom. The molecule has 0 saturated carbocycles. The minimum absolute atomic E-state index is 0.144. The fourth-order valence-electron chi connectivity index (χ4n) is 3.27. The summed E-state index contributed by atoms with van der Waals surface area (Å²) in [6, 6.07) is 18.0. The maximum absolute atomic E-state index is 12.4. The number of amides is 1. The lowest BCUT2D eigenvalue weighted by molar-refractivity contribution is -0.117. The van der Waals surface area contributed by atoms with E-state index < -0.39 is 0 Å². The lowest BCUT2D eigenvalue weighted by atomic mass is 10.1. The van der Waals surface area contributed by atoms with Gasteiger partial charge >= 0.3 is 0 Å². The molecule has 1 aromatic heterocycles. The summed E-state index contributed by atoms with van der Waals surface area (Å²) in [5.41, 5.74) is 3.07. The number of carbonyl (C=O) groups is 1. The Labute approximate surface area is 129 Å². The second-order valence-electron chi connectivity index (χ2n) is 5.76. The van der Waals surface area contributed by atoms with E-state index in [2.05, 4.69) is 10.6 Å². The third kappa shape index (κ3) is 1.99. The summed E-state index contributed by atoms with van der Waals surface area (Å²) in [4.78, 5) is 19.0. The number of para-hydroxylation sites is 3. The van der Waals surface area contributed by atoms with Crippen LogP contribution in [0.1, 0.15) is 18.2 Å². The van der Waals surface area contributed by atoms with E-state index >= 15 is 0 Å². The average Bonchev–Trinajstić information content (AvgIpc) is 3.09. The summed E-state index contributed by atoms with van der Waals surface area (Å²) in [6.07, 6.45) is 0.520. The molecule has 1 unspecified atom stereocenters.